The van der Waals surface area contributed by atoms with Crippen molar-refractivity contribution in [3.05, 3.63) is 0 Å². The summed E-state index contributed by atoms with van der Waals surface area (Å²) in [6.07, 6.45) is 23.6. The van der Waals surface area contributed by atoms with Crippen LogP contribution in [0.1, 0.15) is 129 Å². The highest BCUT2D eigenvalue weighted by molar-refractivity contribution is 5.01. The first kappa shape index (κ1) is 23.7. The van der Waals surface area contributed by atoms with E-state index in [0.29, 0.717) is 6.10 Å². The fourth-order valence-electron chi connectivity index (χ4n) is 5.44. The molecule has 162 valence electrons. The SMILES string of the molecule is CCCCCCCC1(C#N)CCC(OCC2CCC(CCCCC)CC2)CC1. The van der Waals surface area contributed by atoms with Crippen LogP contribution in [0.15, 0.2) is 0 Å². The van der Waals surface area contributed by atoms with Gasteiger partial charge >= 0.3 is 0 Å². The van der Waals surface area contributed by atoms with Gasteiger partial charge in [-0.05, 0) is 56.8 Å². The molecule has 2 fully saturated rings. The molecule has 0 aliphatic heterocycles. The first-order valence-corrected chi connectivity index (χ1v) is 12.7. The zero-order valence-corrected chi connectivity index (χ0v) is 19.0. The summed E-state index contributed by atoms with van der Waals surface area (Å²) in [5, 5.41) is 9.78. The van der Waals surface area contributed by atoms with E-state index in [4.69, 9.17) is 4.74 Å². The molecule has 2 saturated carbocycles. The third-order valence-electron chi connectivity index (χ3n) is 7.64. The van der Waals surface area contributed by atoms with Crippen molar-refractivity contribution < 1.29 is 4.74 Å². The van der Waals surface area contributed by atoms with Crippen molar-refractivity contribution in [2.75, 3.05) is 6.61 Å². The Morgan fingerprint density at radius 2 is 1.39 bits per heavy atom. The van der Waals surface area contributed by atoms with Gasteiger partial charge in [-0.2, -0.15) is 5.26 Å². The molecule has 0 aromatic rings. The summed E-state index contributed by atoms with van der Waals surface area (Å²) in [4.78, 5) is 0. The van der Waals surface area contributed by atoms with Crippen molar-refractivity contribution in [3.63, 3.8) is 0 Å². The van der Waals surface area contributed by atoms with Crippen LogP contribution < -0.4 is 0 Å². The lowest BCUT2D eigenvalue weighted by molar-refractivity contribution is -0.0185. The molecule has 0 aromatic heterocycles. The van der Waals surface area contributed by atoms with Crippen molar-refractivity contribution in [3.8, 4) is 6.07 Å². The second-order valence-electron chi connectivity index (χ2n) is 9.97. The zero-order valence-electron chi connectivity index (χ0n) is 19.0. The van der Waals surface area contributed by atoms with E-state index in [-0.39, 0.29) is 5.41 Å². The molecule has 2 aliphatic carbocycles. The summed E-state index contributed by atoms with van der Waals surface area (Å²) < 4.78 is 6.34. The fraction of sp³-hybridized carbons (Fsp3) is 0.962. The number of unbranched alkanes of at least 4 members (excludes halogenated alkanes) is 6. The Morgan fingerprint density at radius 1 is 0.786 bits per heavy atom. The van der Waals surface area contributed by atoms with Gasteiger partial charge in [-0.3, -0.25) is 0 Å². The minimum absolute atomic E-state index is 0.0391. The van der Waals surface area contributed by atoms with Crippen molar-refractivity contribution in [1.82, 2.24) is 0 Å². The van der Waals surface area contributed by atoms with E-state index < -0.39 is 0 Å². The first-order valence-electron chi connectivity index (χ1n) is 12.7. The van der Waals surface area contributed by atoms with Gasteiger partial charge in [0.05, 0.1) is 17.6 Å². The van der Waals surface area contributed by atoms with Crippen LogP contribution in [-0.2, 0) is 4.74 Å². The van der Waals surface area contributed by atoms with Crippen LogP contribution in [0.25, 0.3) is 0 Å². The molecular formula is C26H47NO. The van der Waals surface area contributed by atoms with E-state index in [1.807, 2.05) is 0 Å². The van der Waals surface area contributed by atoms with E-state index in [1.165, 1.54) is 83.5 Å². The molecule has 0 unspecified atom stereocenters. The zero-order chi connectivity index (χ0) is 20.1. The van der Waals surface area contributed by atoms with Gasteiger partial charge in [0.1, 0.15) is 0 Å². The molecule has 0 radical (unpaired) electrons. The number of nitriles is 1. The third-order valence-corrected chi connectivity index (χ3v) is 7.64. The van der Waals surface area contributed by atoms with Gasteiger partial charge in [0.25, 0.3) is 0 Å². The van der Waals surface area contributed by atoms with Gasteiger partial charge < -0.3 is 4.74 Å². The van der Waals surface area contributed by atoms with Crippen LogP contribution in [-0.4, -0.2) is 12.7 Å². The second kappa shape index (κ2) is 13.6. The Morgan fingerprint density at radius 3 is 2.04 bits per heavy atom. The van der Waals surface area contributed by atoms with Crippen LogP contribution in [0.2, 0.25) is 0 Å². The van der Waals surface area contributed by atoms with Gasteiger partial charge in [-0.1, -0.05) is 84.5 Å². The van der Waals surface area contributed by atoms with Crippen molar-refractivity contribution in [2.45, 2.75) is 136 Å². The molecule has 2 aliphatic rings. The molecule has 0 bridgehead atoms. The predicted molar refractivity (Wildman–Crippen MR) is 119 cm³/mol. The minimum Gasteiger partial charge on any atom is -0.378 e. The average molecular weight is 390 g/mol. The molecule has 0 saturated heterocycles. The summed E-state index contributed by atoms with van der Waals surface area (Å²) in [6.45, 7) is 5.54. The summed E-state index contributed by atoms with van der Waals surface area (Å²) in [7, 11) is 0. The molecular weight excluding hydrogens is 342 g/mol. The molecule has 0 N–H and O–H groups in total. The maximum atomic E-state index is 9.78. The summed E-state index contributed by atoms with van der Waals surface area (Å²) in [5.41, 5.74) is -0.0391. The minimum atomic E-state index is -0.0391. The van der Waals surface area contributed by atoms with E-state index >= 15 is 0 Å². The van der Waals surface area contributed by atoms with E-state index in [9.17, 15) is 5.26 Å². The van der Waals surface area contributed by atoms with Gasteiger partial charge in [-0.25, -0.2) is 0 Å². The smallest absolute Gasteiger partial charge is 0.0689 e. The molecule has 0 heterocycles. The van der Waals surface area contributed by atoms with E-state index in [0.717, 1.165) is 50.5 Å². The second-order valence-corrected chi connectivity index (χ2v) is 9.97. The number of hydrogen-bond acceptors (Lipinski definition) is 2. The fourth-order valence-corrected chi connectivity index (χ4v) is 5.44. The molecule has 2 heteroatoms. The van der Waals surface area contributed by atoms with Crippen LogP contribution in [0.4, 0.5) is 0 Å². The summed E-state index contributed by atoms with van der Waals surface area (Å²) >= 11 is 0. The maximum Gasteiger partial charge on any atom is 0.0689 e. The highest BCUT2D eigenvalue weighted by Gasteiger charge is 2.35. The molecule has 0 spiro atoms. The maximum absolute atomic E-state index is 9.78. The third kappa shape index (κ3) is 8.44. The largest absolute Gasteiger partial charge is 0.378 e. The topological polar surface area (TPSA) is 33.0 Å². The van der Waals surface area contributed by atoms with E-state index in [1.54, 1.807) is 0 Å². The van der Waals surface area contributed by atoms with Crippen molar-refractivity contribution in [2.24, 2.45) is 17.3 Å². The Labute approximate surface area is 175 Å². The molecule has 0 atom stereocenters. The number of nitrogens with zero attached hydrogens (tertiary/aromatic N) is 1. The number of hydrogen-bond donors (Lipinski definition) is 0. The normalized spacial score (nSPS) is 30.8. The molecule has 0 aromatic carbocycles. The highest BCUT2D eigenvalue weighted by Crippen LogP contribution is 2.41. The summed E-state index contributed by atoms with van der Waals surface area (Å²) in [6, 6.07) is 2.70. The standard InChI is InChI=1S/C26H47NO/c1-3-5-7-8-10-18-26(22-27)19-16-25(17-20-26)28-21-24-14-12-23(13-15-24)11-9-6-4-2/h23-25H,3-21H2,1-2H3. The number of rotatable bonds is 13. The van der Waals surface area contributed by atoms with Crippen LogP contribution >= 0.6 is 0 Å². The average Bonchev–Trinajstić information content (AvgIpc) is 2.74. The Balaban J connectivity index is 1.57. The Bertz CT molecular complexity index is 424. The lowest BCUT2D eigenvalue weighted by Gasteiger charge is -2.36. The predicted octanol–water partition coefficient (Wildman–Crippen LogP) is 8.20. The summed E-state index contributed by atoms with van der Waals surface area (Å²) in [5.74, 6) is 1.79. The Hall–Kier alpha value is -0.550. The monoisotopic (exact) mass is 389 g/mol. The van der Waals surface area contributed by atoms with Crippen LogP contribution in [0.3, 0.4) is 0 Å². The number of ether oxygens (including phenoxy) is 1. The van der Waals surface area contributed by atoms with Gasteiger partial charge in [0.2, 0.25) is 0 Å². The van der Waals surface area contributed by atoms with Crippen molar-refractivity contribution in [1.29, 1.82) is 5.26 Å². The molecule has 0 amide bonds. The molecule has 2 nitrogen and oxygen atoms in total. The molecule has 28 heavy (non-hydrogen) atoms. The lowest BCUT2D eigenvalue weighted by Crippen LogP contribution is -2.31. The highest BCUT2D eigenvalue weighted by atomic mass is 16.5. The Kier molecular flexibility index (Phi) is 11.6. The van der Waals surface area contributed by atoms with Gasteiger partial charge in [0.15, 0.2) is 0 Å². The van der Waals surface area contributed by atoms with Gasteiger partial charge in [0, 0.05) is 6.61 Å². The van der Waals surface area contributed by atoms with E-state index in [2.05, 4.69) is 19.9 Å². The first-order chi connectivity index (χ1) is 13.7. The van der Waals surface area contributed by atoms with Crippen LogP contribution in [0, 0.1) is 28.6 Å². The van der Waals surface area contributed by atoms with Crippen molar-refractivity contribution >= 4 is 0 Å². The molecule has 2 rings (SSSR count). The quantitative estimate of drug-likeness (QED) is 0.297. The van der Waals surface area contributed by atoms with Crippen LogP contribution in [0.5, 0.6) is 0 Å². The lowest BCUT2D eigenvalue weighted by atomic mass is 9.71. The van der Waals surface area contributed by atoms with Gasteiger partial charge in [-0.15, -0.1) is 0 Å².